The Bertz CT molecular complexity index is 1140. The van der Waals surface area contributed by atoms with Crippen molar-refractivity contribution in [2.45, 2.75) is 63.3 Å². The number of carbonyl (C=O) groups is 2. The van der Waals surface area contributed by atoms with E-state index in [0.717, 1.165) is 0 Å². The first-order valence-electron chi connectivity index (χ1n) is 11.1. The van der Waals surface area contributed by atoms with Crippen molar-refractivity contribution in [3.05, 3.63) is 57.6 Å². The molecule has 2 aromatic rings. The van der Waals surface area contributed by atoms with Crippen LogP contribution in [0.5, 0.6) is 11.5 Å². The van der Waals surface area contributed by atoms with Gasteiger partial charge < -0.3 is 29.5 Å². The van der Waals surface area contributed by atoms with Crippen LogP contribution >= 0.6 is 0 Å². The molecular weight excluding hydrogens is 428 g/mol. The molecule has 0 spiro atoms. The van der Waals surface area contributed by atoms with E-state index in [-0.39, 0.29) is 52.4 Å². The van der Waals surface area contributed by atoms with Gasteiger partial charge in [0.25, 0.3) is 0 Å². The lowest BCUT2D eigenvalue weighted by Gasteiger charge is -2.37. The lowest BCUT2D eigenvalue weighted by Crippen LogP contribution is -2.39. The molecule has 1 saturated heterocycles. The van der Waals surface area contributed by atoms with E-state index in [1.165, 1.54) is 7.11 Å². The van der Waals surface area contributed by atoms with Gasteiger partial charge in [0.15, 0.2) is 12.1 Å². The second-order valence-corrected chi connectivity index (χ2v) is 8.90. The molecule has 8 heteroatoms. The minimum Gasteiger partial charge on any atom is -0.507 e. The summed E-state index contributed by atoms with van der Waals surface area (Å²) in [6.45, 7) is 1.76. The first kappa shape index (κ1) is 22.0. The largest absolute Gasteiger partial charge is 0.507 e. The standard InChI is InChI=1S/C25H26O8/c1-11-16(27)6-7-19(32-11)33-18-10-13(26)8-12-9-15-22(24(29)20(12)18)25(30)21-14(23(15)28)4-3-5-17(21)31-2/h3-5,9,11,13,16,18-19,26-27,29H,6-8,10H2,1-2H3/t11-,13-,16-,18-,19-/m1/s1. The zero-order valence-corrected chi connectivity index (χ0v) is 18.4. The van der Waals surface area contributed by atoms with E-state index in [1.807, 2.05) is 0 Å². The van der Waals surface area contributed by atoms with Crippen LogP contribution in [0.15, 0.2) is 24.3 Å². The van der Waals surface area contributed by atoms with Crippen LogP contribution < -0.4 is 4.74 Å². The summed E-state index contributed by atoms with van der Waals surface area (Å²) < 4.78 is 17.2. The Kier molecular flexibility index (Phi) is 5.49. The Morgan fingerprint density at radius 3 is 2.58 bits per heavy atom. The monoisotopic (exact) mass is 454 g/mol. The molecule has 0 amide bonds. The third-order valence-corrected chi connectivity index (χ3v) is 6.80. The van der Waals surface area contributed by atoms with Crippen LogP contribution in [0.1, 0.15) is 75.3 Å². The van der Waals surface area contributed by atoms with Crippen LogP contribution in [0.3, 0.4) is 0 Å². The number of ether oxygens (including phenoxy) is 3. The lowest BCUT2D eigenvalue weighted by molar-refractivity contribution is -0.240. The smallest absolute Gasteiger partial charge is 0.201 e. The summed E-state index contributed by atoms with van der Waals surface area (Å²) in [7, 11) is 1.42. The first-order valence-corrected chi connectivity index (χ1v) is 11.1. The lowest BCUT2D eigenvalue weighted by atomic mass is 9.77. The number of methoxy groups -OCH3 is 1. The minimum atomic E-state index is -0.742. The zero-order chi connectivity index (χ0) is 23.4. The minimum absolute atomic E-state index is 0.0749. The summed E-state index contributed by atoms with van der Waals surface area (Å²) >= 11 is 0. The number of ketones is 2. The van der Waals surface area contributed by atoms with Crippen LogP contribution in [0.2, 0.25) is 0 Å². The quantitative estimate of drug-likeness (QED) is 0.552. The Labute approximate surface area is 190 Å². The number of hydrogen-bond acceptors (Lipinski definition) is 8. The Morgan fingerprint density at radius 1 is 1.06 bits per heavy atom. The number of fused-ring (bicyclic) bond motifs is 3. The fourth-order valence-corrected chi connectivity index (χ4v) is 5.12. The highest BCUT2D eigenvalue weighted by atomic mass is 16.7. The van der Waals surface area contributed by atoms with Crippen molar-refractivity contribution in [2.24, 2.45) is 0 Å². The van der Waals surface area contributed by atoms with Gasteiger partial charge in [0.1, 0.15) is 11.5 Å². The molecule has 2 aromatic carbocycles. The molecule has 0 radical (unpaired) electrons. The second-order valence-electron chi connectivity index (χ2n) is 8.90. The van der Waals surface area contributed by atoms with Crippen molar-refractivity contribution in [1.29, 1.82) is 0 Å². The number of hydrogen-bond donors (Lipinski definition) is 3. The van der Waals surface area contributed by atoms with Crippen molar-refractivity contribution >= 4 is 11.6 Å². The molecule has 2 aliphatic carbocycles. The number of aliphatic hydroxyl groups is 2. The predicted octanol–water partition coefficient (Wildman–Crippen LogP) is 2.43. The average molecular weight is 454 g/mol. The van der Waals surface area contributed by atoms with E-state index in [1.54, 1.807) is 31.2 Å². The Hall–Kier alpha value is -2.78. The second kappa shape index (κ2) is 8.22. The van der Waals surface area contributed by atoms with Crippen LogP contribution in [0, 0.1) is 0 Å². The molecule has 1 fully saturated rings. The number of rotatable bonds is 3. The molecular formula is C25H26O8. The number of carbonyl (C=O) groups excluding carboxylic acids is 2. The molecule has 8 nitrogen and oxygen atoms in total. The van der Waals surface area contributed by atoms with Gasteiger partial charge in [-0.25, -0.2) is 0 Å². The predicted molar refractivity (Wildman–Crippen MR) is 116 cm³/mol. The molecule has 0 unspecified atom stereocenters. The van der Waals surface area contributed by atoms with E-state index in [9.17, 15) is 24.9 Å². The van der Waals surface area contributed by atoms with Crippen molar-refractivity contribution in [1.82, 2.24) is 0 Å². The van der Waals surface area contributed by atoms with Gasteiger partial charge >= 0.3 is 0 Å². The molecule has 0 aromatic heterocycles. The van der Waals surface area contributed by atoms with Gasteiger partial charge in [-0.1, -0.05) is 12.1 Å². The van der Waals surface area contributed by atoms with Gasteiger partial charge in [-0.2, -0.15) is 0 Å². The highest BCUT2D eigenvalue weighted by Crippen LogP contribution is 2.46. The van der Waals surface area contributed by atoms with Gasteiger partial charge in [-0.3, -0.25) is 9.59 Å². The maximum Gasteiger partial charge on any atom is 0.201 e. The maximum atomic E-state index is 13.4. The Balaban J connectivity index is 1.58. The highest BCUT2D eigenvalue weighted by molar-refractivity contribution is 6.30. The van der Waals surface area contributed by atoms with E-state index in [4.69, 9.17) is 14.2 Å². The van der Waals surface area contributed by atoms with E-state index in [0.29, 0.717) is 24.0 Å². The molecule has 5 atom stereocenters. The molecule has 174 valence electrons. The Morgan fingerprint density at radius 2 is 1.85 bits per heavy atom. The van der Waals surface area contributed by atoms with Crippen molar-refractivity contribution in [3.8, 4) is 11.5 Å². The van der Waals surface area contributed by atoms with Crippen LogP contribution in [0.25, 0.3) is 0 Å². The first-order chi connectivity index (χ1) is 15.8. The van der Waals surface area contributed by atoms with E-state index >= 15 is 0 Å². The van der Waals surface area contributed by atoms with E-state index < -0.39 is 36.5 Å². The fourth-order valence-electron chi connectivity index (χ4n) is 5.12. The molecule has 33 heavy (non-hydrogen) atoms. The van der Waals surface area contributed by atoms with Crippen molar-refractivity contribution in [2.75, 3.05) is 7.11 Å². The van der Waals surface area contributed by atoms with E-state index in [2.05, 4.69) is 0 Å². The summed E-state index contributed by atoms with van der Waals surface area (Å²) in [5.74, 6) is -0.918. The van der Waals surface area contributed by atoms with Gasteiger partial charge in [-0.15, -0.1) is 0 Å². The van der Waals surface area contributed by atoms with Crippen molar-refractivity contribution < 1.29 is 39.1 Å². The van der Waals surface area contributed by atoms with Gasteiger partial charge in [0, 0.05) is 29.5 Å². The van der Waals surface area contributed by atoms with Crippen LogP contribution in [-0.4, -0.2) is 58.6 Å². The normalized spacial score (nSPS) is 28.7. The van der Waals surface area contributed by atoms with Crippen LogP contribution in [-0.2, 0) is 15.9 Å². The number of phenols is 1. The molecule has 1 aliphatic heterocycles. The number of phenolic OH excluding ortho intramolecular Hbond substituents is 1. The van der Waals surface area contributed by atoms with Gasteiger partial charge in [0.05, 0.1) is 42.7 Å². The topological polar surface area (TPSA) is 123 Å². The highest BCUT2D eigenvalue weighted by Gasteiger charge is 2.40. The summed E-state index contributed by atoms with van der Waals surface area (Å²) in [5.41, 5.74) is 1.33. The molecule has 5 rings (SSSR count). The van der Waals surface area contributed by atoms with Gasteiger partial charge in [0.2, 0.25) is 5.78 Å². The SMILES string of the molecule is COc1cccc2c1C(=O)c1c(cc3c(c1O)[C@H](O[C@@H]1CC[C@@H](O)[C@@H](C)O1)C[C@H](O)C3)C2=O. The molecule has 3 N–H and O–H groups in total. The number of aromatic hydroxyl groups is 1. The molecule has 1 heterocycles. The third-order valence-electron chi connectivity index (χ3n) is 6.80. The van der Waals surface area contributed by atoms with Crippen molar-refractivity contribution in [3.63, 3.8) is 0 Å². The summed E-state index contributed by atoms with van der Waals surface area (Å²) in [6, 6.07) is 6.39. The summed E-state index contributed by atoms with van der Waals surface area (Å²) in [4.78, 5) is 26.7. The zero-order valence-electron chi connectivity index (χ0n) is 18.4. The molecule has 3 aliphatic rings. The number of aliphatic hydroxyl groups excluding tert-OH is 2. The summed E-state index contributed by atoms with van der Waals surface area (Å²) in [5, 5.41) is 31.7. The molecule has 0 bridgehead atoms. The van der Waals surface area contributed by atoms with Gasteiger partial charge in [-0.05, 0) is 37.5 Å². The number of benzene rings is 2. The van der Waals surface area contributed by atoms with Crippen LogP contribution in [0.4, 0.5) is 0 Å². The fraction of sp³-hybridized carbons (Fsp3) is 0.440. The summed E-state index contributed by atoms with van der Waals surface area (Å²) in [6.07, 6.45) is -1.68. The average Bonchev–Trinajstić information content (AvgIpc) is 2.78. The molecule has 0 saturated carbocycles. The maximum absolute atomic E-state index is 13.4. The third kappa shape index (κ3) is 3.54.